The SMILES string of the molecule is Cc1cc(CC(C)N)nc2c(C)cc(Cl)cc12. The molecule has 1 atom stereocenters. The molecule has 1 aromatic carbocycles. The second kappa shape index (κ2) is 4.63. The molecule has 0 amide bonds. The first-order chi connectivity index (χ1) is 7.97. The van der Waals surface area contributed by atoms with E-state index in [2.05, 4.69) is 18.0 Å². The monoisotopic (exact) mass is 248 g/mol. The van der Waals surface area contributed by atoms with Gasteiger partial charge in [-0.15, -0.1) is 0 Å². The number of pyridine rings is 1. The van der Waals surface area contributed by atoms with Crippen molar-refractivity contribution in [3.05, 3.63) is 40.0 Å². The van der Waals surface area contributed by atoms with Gasteiger partial charge in [-0.2, -0.15) is 0 Å². The van der Waals surface area contributed by atoms with E-state index >= 15 is 0 Å². The Bertz CT molecular complexity index is 562. The third kappa shape index (κ3) is 2.59. The predicted molar refractivity (Wildman–Crippen MR) is 73.6 cm³/mol. The summed E-state index contributed by atoms with van der Waals surface area (Å²) in [5.74, 6) is 0. The molecule has 2 rings (SSSR count). The average molecular weight is 249 g/mol. The Morgan fingerprint density at radius 2 is 1.94 bits per heavy atom. The van der Waals surface area contributed by atoms with Crippen molar-refractivity contribution in [3.63, 3.8) is 0 Å². The van der Waals surface area contributed by atoms with Crippen LogP contribution in [0.3, 0.4) is 0 Å². The van der Waals surface area contributed by atoms with Crippen LogP contribution in [0.5, 0.6) is 0 Å². The molecule has 0 radical (unpaired) electrons. The lowest BCUT2D eigenvalue weighted by molar-refractivity contribution is 0.724. The molecule has 0 saturated carbocycles. The first-order valence-electron chi connectivity index (χ1n) is 5.79. The molecule has 0 fully saturated rings. The number of halogens is 1. The minimum Gasteiger partial charge on any atom is -0.328 e. The lowest BCUT2D eigenvalue weighted by Crippen LogP contribution is -2.18. The highest BCUT2D eigenvalue weighted by Crippen LogP contribution is 2.25. The molecule has 2 aromatic rings. The van der Waals surface area contributed by atoms with E-state index in [4.69, 9.17) is 17.3 Å². The van der Waals surface area contributed by atoms with Gasteiger partial charge in [-0.3, -0.25) is 4.98 Å². The number of nitrogens with two attached hydrogens (primary N) is 1. The molecular weight excluding hydrogens is 232 g/mol. The van der Waals surface area contributed by atoms with Crippen LogP contribution in [-0.4, -0.2) is 11.0 Å². The number of hydrogen-bond donors (Lipinski definition) is 1. The third-order valence-electron chi connectivity index (χ3n) is 2.86. The van der Waals surface area contributed by atoms with E-state index in [1.807, 2.05) is 26.0 Å². The van der Waals surface area contributed by atoms with Crippen LogP contribution in [0.2, 0.25) is 5.02 Å². The Hall–Kier alpha value is -1.12. The van der Waals surface area contributed by atoms with Crippen LogP contribution in [-0.2, 0) is 6.42 Å². The number of benzene rings is 1. The van der Waals surface area contributed by atoms with Gasteiger partial charge in [0.15, 0.2) is 0 Å². The maximum Gasteiger partial charge on any atom is 0.0738 e. The molecule has 90 valence electrons. The van der Waals surface area contributed by atoms with E-state index in [0.717, 1.165) is 33.6 Å². The van der Waals surface area contributed by atoms with Gasteiger partial charge < -0.3 is 5.73 Å². The molecular formula is C14H17ClN2. The molecule has 2 nitrogen and oxygen atoms in total. The van der Waals surface area contributed by atoms with Crippen molar-refractivity contribution in [1.29, 1.82) is 0 Å². The van der Waals surface area contributed by atoms with Gasteiger partial charge in [0.25, 0.3) is 0 Å². The first-order valence-corrected chi connectivity index (χ1v) is 6.17. The zero-order valence-electron chi connectivity index (χ0n) is 10.4. The summed E-state index contributed by atoms with van der Waals surface area (Å²) in [5.41, 5.74) is 10.2. The predicted octanol–water partition coefficient (Wildman–Crippen LogP) is 3.39. The van der Waals surface area contributed by atoms with Crippen LogP contribution in [0, 0.1) is 13.8 Å². The van der Waals surface area contributed by atoms with Gasteiger partial charge in [0.05, 0.1) is 5.52 Å². The summed E-state index contributed by atoms with van der Waals surface area (Å²) in [6.07, 6.45) is 0.804. The summed E-state index contributed by atoms with van der Waals surface area (Å²) in [7, 11) is 0. The quantitative estimate of drug-likeness (QED) is 0.885. The highest BCUT2D eigenvalue weighted by atomic mass is 35.5. The standard InChI is InChI=1S/C14H17ClN2/c1-8-5-12(6-10(3)16)17-14-9(2)4-11(15)7-13(8)14/h4-5,7,10H,6,16H2,1-3H3. The Morgan fingerprint density at radius 1 is 1.24 bits per heavy atom. The van der Waals surface area contributed by atoms with Crippen molar-refractivity contribution >= 4 is 22.5 Å². The molecule has 2 N–H and O–H groups in total. The highest BCUT2D eigenvalue weighted by molar-refractivity contribution is 6.31. The van der Waals surface area contributed by atoms with Gasteiger partial charge in [-0.1, -0.05) is 11.6 Å². The van der Waals surface area contributed by atoms with E-state index in [9.17, 15) is 0 Å². The van der Waals surface area contributed by atoms with E-state index in [1.54, 1.807) is 0 Å². The third-order valence-corrected chi connectivity index (χ3v) is 3.08. The van der Waals surface area contributed by atoms with Crippen LogP contribution in [0.15, 0.2) is 18.2 Å². The molecule has 1 aromatic heterocycles. The van der Waals surface area contributed by atoms with Gasteiger partial charge in [-0.25, -0.2) is 0 Å². The van der Waals surface area contributed by atoms with Crippen molar-refractivity contribution in [3.8, 4) is 0 Å². The Morgan fingerprint density at radius 3 is 2.59 bits per heavy atom. The summed E-state index contributed by atoms with van der Waals surface area (Å²) < 4.78 is 0. The fourth-order valence-corrected chi connectivity index (χ4v) is 2.40. The Labute approximate surface area is 107 Å². The molecule has 1 unspecified atom stereocenters. The van der Waals surface area contributed by atoms with Crippen LogP contribution >= 0.6 is 11.6 Å². The summed E-state index contributed by atoms with van der Waals surface area (Å²) in [4.78, 5) is 4.68. The van der Waals surface area contributed by atoms with Gasteiger partial charge in [-0.05, 0) is 50.1 Å². The van der Waals surface area contributed by atoms with Crippen molar-refractivity contribution < 1.29 is 0 Å². The van der Waals surface area contributed by atoms with Crippen molar-refractivity contribution in [1.82, 2.24) is 4.98 Å². The number of aromatic nitrogens is 1. The highest BCUT2D eigenvalue weighted by Gasteiger charge is 2.08. The summed E-state index contributed by atoms with van der Waals surface area (Å²) in [6.45, 7) is 6.12. The number of nitrogens with zero attached hydrogens (tertiary/aromatic N) is 1. The average Bonchev–Trinajstić information content (AvgIpc) is 2.19. The Balaban J connectivity index is 2.64. The largest absolute Gasteiger partial charge is 0.328 e. The van der Waals surface area contributed by atoms with Crippen LogP contribution in [0.25, 0.3) is 10.9 Å². The van der Waals surface area contributed by atoms with Gasteiger partial charge in [0.2, 0.25) is 0 Å². The number of hydrogen-bond acceptors (Lipinski definition) is 2. The minimum absolute atomic E-state index is 0.131. The second-order valence-electron chi connectivity index (χ2n) is 4.73. The molecule has 3 heteroatoms. The van der Waals surface area contributed by atoms with Crippen LogP contribution in [0.4, 0.5) is 0 Å². The second-order valence-corrected chi connectivity index (χ2v) is 5.17. The Kier molecular flexibility index (Phi) is 3.36. The topological polar surface area (TPSA) is 38.9 Å². The summed E-state index contributed by atoms with van der Waals surface area (Å²) in [5, 5.41) is 1.89. The van der Waals surface area contributed by atoms with Crippen LogP contribution in [0.1, 0.15) is 23.7 Å². The van der Waals surface area contributed by atoms with E-state index in [0.29, 0.717) is 0 Å². The zero-order chi connectivity index (χ0) is 12.6. The number of rotatable bonds is 2. The molecule has 0 aliphatic carbocycles. The number of aryl methyl sites for hydroxylation is 2. The zero-order valence-corrected chi connectivity index (χ0v) is 11.2. The van der Waals surface area contributed by atoms with Crippen molar-refractivity contribution in [2.24, 2.45) is 5.73 Å². The smallest absolute Gasteiger partial charge is 0.0738 e. The van der Waals surface area contributed by atoms with Gasteiger partial charge in [0.1, 0.15) is 0 Å². The molecule has 0 bridgehead atoms. The summed E-state index contributed by atoms with van der Waals surface area (Å²) >= 11 is 6.07. The first kappa shape index (κ1) is 12.3. The lowest BCUT2D eigenvalue weighted by atomic mass is 10.0. The molecule has 0 aliphatic rings. The molecule has 1 heterocycles. The maximum atomic E-state index is 6.07. The maximum absolute atomic E-state index is 6.07. The van der Waals surface area contributed by atoms with E-state index < -0.39 is 0 Å². The fourth-order valence-electron chi connectivity index (χ4n) is 2.12. The van der Waals surface area contributed by atoms with Crippen molar-refractivity contribution in [2.75, 3.05) is 0 Å². The number of fused-ring (bicyclic) bond motifs is 1. The van der Waals surface area contributed by atoms with Crippen LogP contribution < -0.4 is 5.73 Å². The lowest BCUT2D eigenvalue weighted by Gasteiger charge is -2.10. The molecule has 0 aliphatic heterocycles. The summed E-state index contributed by atoms with van der Waals surface area (Å²) in [6, 6.07) is 6.15. The normalized spacial score (nSPS) is 13.0. The van der Waals surface area contributed by atoms with Gasteiger partial charge >= 0.3 is 0 Å². The molecule has 17 heavy (non-hydrogen) atoms. The fraction of sp³-hybridized carbons (Fsp3) is 0.357. The van der Waals surface area contributed by atoms with E-state index in [1.165, 1.54) is 5.56 Å². The van der Waals surface area contributed by atoms with Crippen molar-refractivity contribution in [2.45, 2.75) is 33.2 Å². The molecule has 0 saturated heterocycles. The van der Waals surface area contributed by atoms with Gasteiger partial charge in [0, 0.05) is 28.6 Å². The van der Waals surface area contributed by atoms with E-state index in [-0.39, 0.29) is 6.04 Å². The minimum atomic E-state index is 0.131. The molecule has 0 spiro atoms.